The SMILES string of the molecule is [CH2]c1c(Br)ccc(Oc2nccc(C)n2)c1F. The van der Waals surface area contributed by atoms with Gasteiger partial charge in [-0.2, -0.15) is 0 Å². The van der Waals surface area contributed by atoms with Crippen LogP contribution in [0.1, 0.15) is 11.3 Å². The summed E-state index contributed by atoms with van der Waals surface area (Å²) in [4.78, 5) is 7.93. The van der Waals surface area contributed by atoms with Gasteiger partial charge in [0.1, 0.15) is 0 Å². The third kappa shape index (κ3) is 2.61. The third-order valence-corrected chi connectivity index (χ3v) is 2.87. The molecule has 2 aromatic rings. The van der Waals surface area contributed by atoms with E-state index in [1.807, 2.05) is 0 Å². The van der Waals surface area contributed by atoms with Gasteiger partial charge in [-0.3, -0.25) is 0 Å². The fraction of sp³-hybridized carbons (Fsp3) is 0.0833. The van der Waals surface area contributed by atoms with E-state index in [1.165, 1.54) is 6.07 Å². The van der Waals surface area contributed by atoms with Gasteiger partial charge in [0.15, 0.2) is 11.6 Å². The summed E-state index contributed by atoms with van der Waals surface area (Å²) in [7, 11) is 0. The summed E-state index contributed by atoms with van der Waals surface area (Å²) in [5, 5.41) is 0. The molecule has 0 saturated carbocycles. The minimum absolute atomic E-state index is 0.0591. The van der Waals surface area contributed by atoms with E-state index >= 15 is 0 Å². The highest BCUT2D eigenvalue weighted by Gasteiger charge is 2.11. The second kappa shape index (κ2) is 4.79. The Bertz CT molecular complexity index is 560. The normalized spacial score (nSPS) is 10.4. The molecule has 0 aliphatic carbocycles. The number of aromatic nitrogens is 2. The molecule has 0 N–H and O–H groups in total. The van der Waals surface area contributed by atoms with Gasteiger partial charge in [0, 0.05) is 21.9 Å². The Morgan fingerprint density at radius 1 is 1.35 bits per heavy atom. The van der Waals surface area contributed by atoms with Gasteiger partial charge in [-0.15, -0.1) is 0 Å². The Kier molecular flexibility index (Phi) is 3.38. The molecule has 3 nitrogen and oxygen atoms in total. The van der Waals surface area contributed by atoms with Crippen molar-refractivity contribution in [3.05, 3.63) is 52.9 Å². The molecule has 0 aliphatic heterocycles. The Morgan fingerprint density at radius 3 is 2.82 bits per heavy atom. The lowest BCUT2D eigenvalue weighted by Gasteiger charge is -2.07. The minimum atomic E-state index is -0.524. The molecule has 0 aliphatic rings. The number of rotatable bonds is 2. The van der Waals surface area contributed by atoms with E-state index in [4.69, 9.17) is 4.74 Å². The van der Waals surface area contributed by atoms with Crippen molar-refractivity contribution in [3.8, 4) is 11.8 Å². The molecule has 17 heavy (non-hydrogen) atoms. The molecule has 0 fully saturated rings. The molecule has 0 bridgehead atoms. The number of ether oxygens (including phenoxy) is 1. The zero-order valence-corrected chi connectivity index (χ0v) is 10.7. The molecule has 0 unspecified atom stereocenters. The number of halogens is 2. The Balaban J connectivity index is 2.34. The molecule has 1 aromatic heterocycles. The molecule has 2 rings (SSSR count). The molecule has 0 amide bonds. The van der Waals surface area contributed by atoms with E-state index in [2.05, 4.69) is 32.8 Å². The molecule has 0 saturated heterocycles. The van der Waals surface area contributed by atoms with Crippen LogP contribution in [0.2, 0.25) is 0 Å². The van der Waals surface area contributed by atoms with E-state index in [0.717, 1.165) is 5.69 Å². The van der Waals surface area contributed by atoms with Crippen molar-refractivity contribution in [2.24, 2.45) is 0 Å². The van der Waals surface area contributed by atoms with Crippen molar-refractivity contribution in [2.75, 3.05) is 0 Å². The lowest BCUT2D eigenvalue weighted by molar-refractivity contribution is 0.409. The minimum Gasteiger partial charge on any atom is -0.421 e. The zero-order chi connectivity index (χ0) is 12.4. The van der Waals surface area contributed by atoms with Crippen molar-refractivity contribution >= 4 is 15.9 Å². The van der Waals surface area contributed by atoms with E-state index < -0.39 is 5.82 Å². The van der Waals surface area contributed by atoms with Gasteiger partial charge < -0.3 is 4.74 Å². The molecule has 5 heteroatoms. The van der Waals surface area contributed by atoms with Gasteiger partial charge in [0.05, 0.1) is 0 Å². The second-order valence-electron chi connectivity index (χ2n) is 3.42. The summed E-state index contributed by atoms with van der Waals surface area (Å²) >= 11 is 3.19. The van der Waals surface area contributed by atoms with Gasteiger partial charge in [-0.25, -0.2) is 14.4 Å². The molecular weight excluding hydrogens is 287 g/mol. The highest BCUT2D eigenvalue weighted by Crippen LogP contribution is 2.28. The Hall–Kier alpha value is -1.49. The fourth-order valence-corrected chi connectivity index (χ4v) is 1.53. The van der Waals surface area contributed by atoms with Crippen LogP contribution in [-0.2, 0) is 0 Å². The largest absolute Gasteiger partial charge is 0.421 e. The number of hydrogen-bond donors (Lipinski definition) is 0. The molecule has 87 valence electrons. The van der Waals surface area contributed by atoms with Crippen LogP contribution in [0.3, 0.4) is 0 Å². The standard InChI is InChI=1S/C12H9BrFN2O/c1-7-5-6-15-12(16-7)17-10-4-3-9(13)8(2)11(10)14/h3-6H,2H2,1H3. The predicted molar refractivity (Wildman–Crippen MR) is 65.4 cm³/mol. The van der Waals surface area contributed by atoms with E-state index in [-0.39, 0.29) is 17.3 Å². The Labute approximate surface area is 107 Å². The van der Waals surface area contributed by atoms with Crippen molar-refractivity contribution in [1.29, 1.82) is 0 Å². The maximum absolute atomic E-state index is 13.8. The monoisotopic (exact) mass is 295 g/mol. The summed E-state index contributed by atoms with van der Waals surface area (Å²) < 4.78 is 19.6. The molecule has 0 atom stereocenters. The molecular formula is C12H9BrFN2O. The maximum atomic E-state index is 13.8. The smallest absolute Gasteiger partial charge is 0.322 e. The van der Waals surface area contributed by atoms with Crippen LogP contribution in [-0.4, -0.2) is 9.97 Å². The number of aryl methyl sites for hydroxylation is 1. The summed E-state index contributed by atoms with van der Waals surface area (Å²) in [6.45, 7) is 5.40. The van der Waals surface area contributed by atoms with Crippen LogP contribution in [0.5, 0.6) is 11.8 Å². The first kappa shape index (κ1) is 12.0. The second-order valence-corrected chi connectivity index (χ2v) is 4.28. The van der Waals surface area contributed by atoms with Gasteiger partial charge in [0.25, 0.3) is 0 Å². The van der Waals surface area contributed by atoms with Crippen LogP contribution in [0.4, 0.5) is 4.39 Å². The van der Waals surface area contributed by atoms with Crippen molar-refractivity contribution in [1.82, 2.24) is 9.97 Å². The van der Waals surface area contributed by atoms with Crippen molar-refractivity contribution in [2.45, 2.75) is 6.92 Å². The average Bonchev–Trinajstić information content (AvgIpc) is 2.30. The summed E-state index contributed by atoms with van der Waals surface area (Å²) in [6, 6.07) is 5.01. The van der Waals surface area contributed by atoms with Crippen LogP contribution in [0.25, 0.3) is 0 Å². The van der Waals surface area contributed by atoms with Crippen LogP contribution in [0.15, 0.2) is 28.9 Å². The number of nitrogens with zero attached hydrogens (tertiary/aromatic N) is 2. The Morgan fingerprint density at radius 2 is 2.12 bits per heavy atom. The highest BCUT2D eigenvalue weighted by atomic mass is 79.9. The molecule has 0 spiro atoms. The average molecular weight is 296 g/mol. The van der Waals surface area contributed by atoms with Crippen molar-refractivity contribution < 1.29 is 9.13 Å². The fourth-order valence-electron chi connectivity index (χ4n) is 1.23. The lowest BCUT2D eigenvalue weighted by atomic mass is 10.2. The van der Waals surface area contributed by atoms with Gasteiger partial charge >= 0.3 is 6.01 Å². The highest BCUT2D eigenvalue weighted by molar-refractivity contribution is 9.10. The molecule has 1 aromatic carbocycles. The lowest BCUT2D eigenvalue weighted by Crippen LogP contribution is -1.96. The first-order chi connectivity index (χ1) is 8.08. The van der Waals surface area contributed by atoms with Crippen LogP contribution < -0.4 is 4.74 Å². The molecule has 1 heterocycles. The zero-order valence-electron chi connectivity index (χ0n) is 9.08. The van der Waals surface area contributed by atoms with Gasteiger partial charge in [-0.1, -0.05) is 15.9 Å². The van der Waals surface area contributed by atoms with Crippen LogP contribution >= 0.6 is 15.9 Å². The third-order valence-electron chi connectivity index (χ3n) is 2.12. The number of hydrogen-bond acceptors (Lipinski definition) is 3. The maximum Gasteiger partial charge on any atom is 0.322 e. The van der Waals surface area contributed by atoms with Crippen molar-refractivity contribution in [3.63, 3.8) is 0 Å². The first-order valence-electron chi connectivity index (χ1n) is 4.85. The summed E-state index contributed by atoms with van der Waals surface area (Å²) in [5.41, 5.74) is 0.998. The summed E-state index contributed by atoms with van der Waals surface area (Å²) in [5.74, 6) is -0.465. The van der Waals surface area contributed by atoms with E-state index in [0.29, 0.717) is 4.47 Å². The van der Waals surface area contributed by atoms with E-state index in [9.17, 15) is 4.39 Å². The quantitative estimate of drug-likeness (QED) is 0.848. The number of benzene rings is 1. The topological polar surface area (TPSA) is 35.0 Å². The van der Waals surface area contributed by atoms with Gasteiger partial charge in [-0.05, 0) is 32.0 Å². The van der Waals surface area contributed by atoms with E-state index in [1.54, 1.807) is 25.3 Å². The summed E-state index contributed by atoms with van der Waals surface area (Å²) in [6.07, 6.45) is 1.56. The first-order valence-corrected chi connectivity index (χ1v) is 5.64. The van der Waals surface area contributed by atoms with Gasteiger partial charge in [0.2, 0.25) is 0 Å². The molecule has 1 radical (unpaired) electrons. The van der Waals surface area contributed by atoms with Crippen LogP contribution in [0, 0.1) is 19.7 Å². The predicted octanol–water partition coefficient (Wildman–Crippen LogP) is 3.66.